The summed E-state index contributed by atoms with van der Waals surface area (Å²) in [5.74, 6) is 2.12. The van der Waals surface area contributed by atoms with Crippen molar-refractivity contribution < 1.29 is 19.4 Å². The molecule has 29 heavy (non-hydrogen) atoms. The fraction of sp³-hybridized carbons (Fsp3) is 0.524. The lowest BCUT2D eigenvalue weighted by Crippen LogP contribution is -2.56. The van der Waals surface area contributed by atoms with E-state index in [0.29, 0.717) is 43.1 Å². The topological polar surface area (TPSA) is 90.9 Å². The van der Waals surface area contributed by atoms with E-state index in [1.54, 1.807) is 23.1 Å². The Balaban J connectivity index is 1.26. The van der Waals surface area contributed by atoms with Gasteiger partial charge in [-0.25, -0.2) is 4.98 Å². The maximum absolute atomic E-state index is 13.0. The van der Waals surface area contributed by atoms with E-state index in [4.69, 9.17) is 9.47 Å². The molecule has 3 aliphatic rings. The van der Waals surface area contributed by atoms with E-state index < -0.39 is 5.60 Å². The number of carbonyl (C=O) groups is 1. The first-order valence-corrected chi connectivity index (χ1v) is 10.2. The maximum Gasteiger partial charge on any atom is 0.254 e. The summed E-state index contributed by atoms with van der Waals surface area (Å²) in [5, 5.41) is 11.3. The summed E-state index contributed by atoms with van der Waals surface area (Å²) in [6.45, 7) is 5.33. The summed E-state index contributed by atoms with van der Waals surface area (Å²) in [6.07, 6.45) is 2.37. The summed E-state index contributed by atoms with van der Waals surface area (Å²) in [4.78, 5) is 24.9. The van der Waals surface area contributed by atoms with Gasteiger partial charge >= 0.3 is 0 Å². The SMILES string of the molecule is Cc1nc2c([nH]1)CN(CC1(O)CCCN(C(=O)c3ccc4c(c3)OCO4)C1)CC2. The number of imidazole rings is 1. The van der Waals surface area contributed by atoms with Crippen LogP contribution >= 0.6 is 0 Å². The highest BCUT2D eigenvalue weighted by Crippen LogP contribution is 2.33. The van der Waals surface area contributed by atoms with Crippen LogP contribution in [0.25, 0.3) is 0 Å². The molecule has 2 N–H and O–H groups in total. The molecule has 1 fully saturated rings. The summed E-state index contributed by atoms with van der Waals surface area (Å²) in [7, 11) is 0. The van der Waals surface area contributed by atoms with Crippen molar-refractivity contribution in [2.75, 3.05) is 33.0 Å². The van der Waals surface area contributed by atoms with Gasteiger partial charge in [-0.1, -0.05) is 0 Å². The van der Waals surface area contributed by atoms with Crippen LogP contribution < -0.4 is 9.47 Å². The zero-order valence-electron chi connectivity index (χ0n) is 16.6. The smallest absolute Gasteiger partial charge is 0.254 e. The highest BCUT2D eigenvalue weighted by molar-refractivity contribution is 5.95. The molecule has 1 aromatic carbocycles. The van der Waals surface area contributed by atoms with Gasteiger partial charge in [0.2, 0.25) is 6.79 Å². The number of hydrogen-bond donors (Lipinski definition) is 2. The number of amides is 1. The van der Waals surface area contributed by atoms with Gasteiger partial charge < -0.3 is 24.5 Å². The van der Waals surface area contributed by atoms with E-state index >= 15 is 0 Å². The van der Waals surface area contributed by atoms with E-state index in [1.807, 2.05) is 6.92 Å². The second-order valence-corrected chi connectivity index (χ2v) is 8.33. The Hall–Kier alpha value is -2.58. The number of fused-ring (bicyclic) bond motifs is 2. The van der Waals surface area contributed by atoms with Gasteiger partial charge in [0.25, 0.3) is 5.91 Å². The predicted octanol–water partition coefficient (Wildman–Crippen LogP) is 1.47. The summed E-state index contributed by atoms with van der Waals surface area (Å²) >= 11 is 0. The largest absolute Gasteiger partial charge is 0.454 e. The fourth-order valence-corrected chi connectivity index (χ4v) is 4.67. The molecule has 3 aliphatic heterocycles. The molecule has 1 saturated heterocycles. The normalized spacial score (nSPS) is 23.9. The number of rotatable bonds is 3. The van der Waals surface area contributed by atoms with Crippen molar-refractivity contribution in [3.05, 3.63) is 41.0 Å². The van der Waals surface area contributed by atoms with Crippen LogP contribution in [0.4, 0.5) is 0 Å². The van der Waals surface area contributed by atoms with Crippen LogP contribution in [0.3, 0.4) is 0 Å². The van der Waals surface area contributed by atoms with Crippen LogP contribution in [0.5, 0.6) is 11.5 Å². The van der Waals surface area contributed by atoms with Crippen LogP contribution in [0.2, 0.25) is 0 Å². The number of aliphatic hydroxyl groups is 1. The van der Waals surface area contributed by atoms with Gasteiger partial charge in [0.05, 0.1) is 23.5 Å². The molecule has 2 aromatic rings. The van der Waals surface area contributed by atoms with E-state index in [9.17, 15) is 9.90 Å². The Labute approximate surface area is 169 Å². The molecular formula is C21H26N4O4. The minimum Gasteiger partial charge on any atom is -0.454 e. The van der Waals surface area contributed by atoms with Crippen molar-refractivity contribution in [1.29, 1.82) is 0 Å². The zero-order valence-corrected chi connectivity index (χ0v) is 16.6. The van der Waals surface area contributed by atoms with Crippen molar-refractivity contribution >= 4 is 5.91 Å². The summed E-state index contributed by atoms with van der Waals surface area (Å²) < 4.78 is 10.7. The molecule has 1 aromatic heterocycles. The standard InChI is InChI=1S/C21H26N4O4/c1-14-22-16-5-8-24(10-17(16)23-14)11-21(27)6-2-7-25(12-21)20(26)15-3-4-18-19(9-15)29-13-28-18/h3-4,9,27H,2,5-8,10-13H2,1H3,(H,22,23). The molecule has 1 unspecified atom stereocenters. The lowest BCUT2D eigenvalue weighted by molar-refractivity contribution is -0.0491. The molecular weight excluding hydrogens is 372 g/mol. The van der Waals surface area contributed by atoms with Gasteiger partial charge in [-0.2, -0.15) is 0 Å². The Bertz CT molecular complexity index is 943. The molecule has 8 nitrogen and oxygen atoms in total. The molecule has 1 atom stereocenters. The van der Waals surface area contributed by atoms with Crippen molar-refractivity contribution in [2.24, 2.45) is 0 Å². The summed E-state index contributed by atoms with van der Waals surface area (Å²) in [6, 6.07) is 5.25. The van der Waals surface area contributed by atoms with Gasteiger partial charge in [-0.05, 0) is 38.0 Å². The number of β-amino-alcohol motifs (C(OH)–C–C–N with tert-alkyl or cyclic N) is 1. The number of aryl methyl sites for hydroxylation is 1. The third-order valence-electron chi connectivity index (χ3n) is 6.01. The quantitative estimate of drug-likeness (QED) is 0.814. The first-order chi connectivity index (χ1) is 14.0. The van der Waals surface area contributed by atoms with E-state index in [2.05, 4.69) is 14.9 Å². The highest BCUT2D eigenvalue weighted by Gasteiger charge is 2.38. The number of H-pyrrole nitrogens is 1. The molecule has 0 saturated carbocycles. The summed E-state index contributed by atoms with van der Waals surface area (Å²) in [5.41, 5.74) is 1.93. The Kier molecular flexibility index (Phi) is 4.48. The van der Waals surface area contributed by atoms with Crippen molar-refractivity contribution in [1.82, 2.24) is 19.8 Å². The van der Waals surface area contributed by atoms with Crippen molar-refractivity contribution in [3.63, 3.8) is 0 Å². The minimum atomic E-state index is -0.906. The third-order valence-corrected chi connectivity index (χ3v) is 6.01. The van der Waals surface area contributed by atoms with E-state index in [1.165, 1.54) is 0 Å². The molecule has 0 radical (unpaired) electrons. The molecule has 0 spiro atoms. The number of benzene rings is 1. The molecule has 4 heterocycles. The number of aromatic amines is 1. The number of nitrogens with zero attached hydrogens (tertiary/aromatic N) is 3. The number of ether oxygens (including phenoxy) is 2. The van der Waals surface area contributed by atoms with Gasteiger partial charge in [-0.15, -0.1) is 0 Å². The number of hydrogen-bond acceptors (Lipinski definition) is 6. The first-order valence-electron chi connectivity index (χ1n) is 10.2. The molecule has 8 heteroatoms. The molecule has 0 bridgehead atoms. The lowest BCUT2D eigenvalue weighted by Gasteiger charge is -2.42. The zero-order chi connectivity index (χ0) is 20.0. The van der Waals surface area contributed by atoms with Gasteiger partial charge in [0.15, 0.2) is 11.5 Å². The average Bonchev–Trinajstić information content (AvgIpc) is 3.31. The fourth-order valence-electron chi connectivity index (χ4n) is 4.67. The van der Waals surface area contributed by atoms with Crippen molar-refractivity contribution in [3.8, 4) is 11.5 Å². The van der Waals surface area contributed by atoms with E-state index in [-0.39, 0.29) is 12.7 Å². The number of piperidine rings is 1. The lowest BCUT2D eigenvalue weighted by atomic mass is 9.91. The Morgan fingerprint density at radius 3 is 3.07 bits per heavy atom. The molecule has 5 rings (SSSR count). The van der Waals surface area contributed by atoms with Crippen LogP contribution in [0, 0.1) is 6.92 Å². The van der Waals surface area contributed by atoms with Gasteiger partial charge in [-0.3, -0.25) is 9.69 Å². The van der Waals surface area contributed by atoms with Gasteiger partial charge in [0.1, 0.15) is 5.82 Å². The number of aromatic nitrogens is 2. The van der Waals surface area contributed by atoms with Crippen LogP contribution in [0.1, 0.15) is 40.4 Å². The second-order valence-electron chi connectivity index (χ2n) is 8.33. The number of carbonyl (C=O) groups excluding carboxylic acids is 1. The van der Waals surface area contributed by atoms with Gasteiger partial charge in [0, 0.05) is 38.2 Å². The monoisotopic (exact) mass is 398 g/mol. The molecule has 1 amide bonds. The Morgan fingerprint density at radius 1 is 1.31 bits per heavy atom. The van der Waals surface area contributed by atoms with Crippen molar-refractivity contribution in [2.45, 2.75) is 38.3 Å². The minimum absolute atomic E-state index is 0.0773. The number of likely N-dealkylation sites (tertiary alicyclic amines) is 1. The van der Waals surface area contributed by atoms with E-state index in [0.717, 1.165) is 43.1 Å². The number of nitrogens with one attached hydrogen (secondary N) is 1. The molecule has 154 valence electrons. The molecule has 0 aliphatic carbocycles. The predicted molar refractivity (Wildman–Crippen MR) is 105 cm³/mol. The van der Waals surface area contributed by atoms with Crippen LogP contribution in [-0.2, 0) is 13.0 Å². The van der Waals surface area contributed by atoms with Crippen LogP contribution in [-0.4, -0.2) is 69.4 Å². The third kappa shape index (κ3) is 3.58. The first kappa shape index (κ1) is 18.4. The second kappa shape index (κ2) is 7.03. The Morgan fingerprint density at radius 2 is 2.17 bits per heavy atom. The highest BCUT2D eigenvalue weighted by atomic mass is 16.7. The average molecular weight is 398 g/mol. The maximum atomic E-state index is 13.0. The van der Waals surface area contributed by atoms with Crippen LogP contribution in [0.15, 0.2) is 18.2 Å².